The fourth-order valence-corrected chi connectivity index (χ4v) is 2.18. The molecule has 0 amide bonds. The fourth-order valence-electron chi connectivity index (χ4n) is 1.81. The molecule has 0 aliphatic heterocycles. The first-order chi connectivity index (χ1) is 10.1. The van der Waals surface area contributed by atoms with Crippen LogP contribution in [0.25, 0.3) is 0 Å². The van der Waals surface area contributed by atoms with E-state index >= 15 is 0 Å². The molecule has 2 aromatic rings. The number of hydrogen-bond donors (Lipinski definition) is 1. The summed E-state index contributed by atoms with van der Waals surface area (Å²) in [7, 11) is 4.07. The Morgan fingerprint density at radius 1 is 1.05 bits per heavy atom. The van der Waals surface area contributed by atoms with Crippen LogP contribution in [0.4, 0.5) is 5.69 Å². The average molecular weight is 351 g/mol. The van der Waals surface area contributed by atoms with Gasteiger partial charge in [0.15, 0.2) is 0 Å². The van der Waals surface area contributed by atoms with Crippen LogP contribution < -0.4 is 10.5 Å². The van der Waals surface area contributed by atoms with Crippen molar-refractivity contribution < 1.29 is 4.74 Å². The maximum Gasteiger partial charge on any atom is 0.150 e. The monoisotopic (exact) mass is 350 g/mol. The van der Waals surface area contributed by atoms with Crippen molar-refractivity contribution in [3.63, 3.8) is 0 Å². The van der Waals surface area contributed by atoms with Crippen molar-refractivity contribution in [2.24, 2.45) is 0 Å². The molecule has 0 heterocycles. The lowest BCUT2D eigenvalue weighted by atomic mass is 10.2. The lowest BCUT2D eigenvalue weighted by Crippen LogP contribution is -2.11. The summed E-state index contributed by atoms with van der Waals surface area (Å²) in [6.45, 7) is 4.83. The highest BCUT2D eigenvalue weighted by Gasteiger charge is 2.07. The summed E-state index contributed by atoms with van der Waals surface area (Å²) >= 11 is 3.39. The van der Waals surface area contributed by atoms with Crippen molar-refractivity contribution in [1.29, 1.82) is 0 Å². The number of nitrogen functional groups attached to an aromatic ring is 1. The van der Waals surface area contributed by atoms with E-state index in [1.165, 1.54) is 0 Å². The molecule has 3 nitrogen and oxygen atoms in total. The fraction of sp³-hybridized carbons (Fsp3) is 0.294. The van der Waals surface area contributed by atoms with E-state index in [-0.39, 0.29) is 0 Å². The SMILES string of the molecule is CC.CN(C)Cc1ccccc1Oc1ccc(Br)cc1N. The van der Waals surface area contributed by atoms with Crippen molar-refractivity contribution >= 4 is 21.6 Å². The van der Waals surface area contributed by atoms with Gasteiger partial charge in [-0.2, -0.15) is 0 Å². The van der Waals surface area contributed by atoms with Crippen LogP contribution in [0, 0.1) is 0 Å². The van der Waals surface area contributed by atoms with E-state index in [1.54, 1.807) is 0 Å². The Morgan fingerprint density at radius 2 is 1.71 bits per heavy atom. The van der Waals surface area contributed by atoms with Crippen LogP contribution >= 0.6 is 15.9 Å². The molecule has 0 atom stereocenters. The smallest absolute Gasteiger partial charge is 0.150 e. The Balaban J connectivity index is 0.00000106. The van der Waals surface area contributed by atoms with Gasteiger partial charge in [0.1, 0.15) is 11.5 Å². The molecule has 0 radical (unpaired) electrons. The Bertz CT molecular complexity index is 570. The molecule has 2 rings (SSSR count). The maximum atomic E-state index is 5.96. The second kappa shape index (κ2) is 8.70. The third-order valence-electron chi connectivity index (χ3n) is 2.65. The average Bonchev–Trinajstić information content (AvgIpc) is 2.45. The van der Waals surface area contributed by atoms with Gasteiger partial charge < -0.3 is 15.4 Å². The van der Waals surface area contributed by atoms with Gasteiger partial charge in [0.25, 0.3) is 0 Å². The minimum atomic E-state index is 0.619. The van der Waals surface area contributed by atoms with Gasteiger partial charge >= 0.3 is 0 Å². The minimum Gasteiger partial charge on any atom is -0.455 e. The van der Waals surface area contributed by atoms with Crippen LogP contribution in [0.1, 0.15) is 19.4 Å². The van der Waals surface area contributed by atoms with E-state index in [4.69, 9.17) is 10.5 Å². The molecule has 114 valence electrons. The van der Waals surface area contributed by atoms with Gasteiger partial charge in [0, 0.05) is 16.6 Å². The molecule has 0 unspecified atom stereocenters. The van der Waals surface area contributed by atoms with Crippen LogP contribution in [-0.4, -0.2) is 19.0 Å². The lowest BCUT2D eigenvalue weighted by molar-refractivity contribution is 0.389. The summed E-state index contributed by atoms with van der Waals surface area (Å²) in [6.07, 6.45) is 0. The van der Waals surface area contributed by atoms with Gasteiger partial charge in [0.2, 0.25) is 0 Å². The second-order valence-corrected chi connectivity index (χ2v) is 5.55. The molecule has 0 bridgehead atoms. The molecular formula is C17H23BrN2O. The number of nitrogens with two attached hydrogens (primary N) is 1. The molecule has 2 N–H and O–H groups in total. The molecule has 0 aromatic heterocycles. The van der Waals surface area contributed by atoms with Gasteiger partial charge in [-0.3, -0.25) is 0 Å². The van der Waals surface area contributed by atoms with Gasteiger partial charge in [-0.1, -0.05) is 48.0 Å². The van der Waals surface area contributed by atoms with Crippen LogP contribution in [0.3, 0.4) is 0 Å². The largest absolute Gasteiger partial charge is 0.455 e. The van der Waals surface area contributed by atoms with E-state index in [9.17, 15) is 0 Å². The zero-order valence-electron chi connectivity index (χ0n) is 13.1. The summed E-state index contributed by atoms with van der Waals surface area (Å²) < 4.78 is 6.87. The van der Waals surface area contributed by atoms with E-state index in [0.717, 1.165) is 22.3 Å². The molecular weight excluding hydrogens is 328 g/mol. The maximum absolute atomic E-state index is 5.96. The number of halogens is 1. The number of anilines is 1. The molecule has 0 aliphatic carbocycles. The van der Waals surface area contributed by atoms with Crippen molar-refractivity contribution in [1.82, 2.24) is 4.90 Å². The first-order valence-corrected chi connectivity index (χ1v) is 7.81. The molecule has 0 fully saturated rings. The first-order valence-electron chi connectivity index (χ1n) is 7.02. The van der Waals surface area contributed by atoms with E-state index in [1.807, 2.05) is 64.3 Å². The summed E-state index contributed by atoms with van der Waals surface area (Å²) in [5, 5.41) is 0. The molecule has 0 saturated heterocycles. The zero-order valence-corrected chi connectivity index (χ0v) is 14.6. The number of para-hydroxylation sites is 1. The predicted octanol–water partition coefficient (Wildman–Crippen LogP) is 4.91. The lowest BCUT2D eigenvalue weighted by Gasteiger charge is -2.15. The molecule has 21 heavy (non-hydrogen) atoms. The van der Waals surface area contributed by atoms with Crippen molar-refractivity contribution in [2.45, 2.75) is 20.4 Å². The number of benzene rings is 2. The minimum absolute atomic E-state index is 0.619. The third kappa shape index (κ3) is 5.40. The van der Waals surface area contributed by atoms with Crippen LogP contribution in [0.5, 0.6) is 11.5 Å². The van der Waals surface area contributed by atoms with Gasteiger partial charge in [-0.05, 0) is 38.4 Å². The van der Waals surface area contributed by atoms with E-state index in [2.05, 4.69) is 26.9 Å². The normalized spacial score (nSPS) is 10.0. The zero-order chi connectivity index (χ0) is 15.8. The first kappa shape index (κ1) is 17.5. The van der Waals surface area contributed by atoms with Crippen LogP contribution in [0.2, 0.25) is 0 Å². The van der Waals surface area contributed by atoms with Crippen LogP contribution in [0.15, 0.2) is 46.9 Å². The number of ether oxygens (including phenoxy) is 1. The molecule has 0 spiro atoms. The van der Waals surface area contributed by atoms with Crippen LogP contribution in [-0.2, 0) is 6.54 Å². The highest BCUT2D eigenvalue weighted by Crippen LogP contribution is 2.31. The van der Waals surface area contributed by atoms with E-state index in [0.29, 0.717) is 11.4 Å². The Labute approximate surface area is 135 Å². The quantitative estimate of drug-likeness (QED) is 0.796. The van der Waals surface area contributed by atoms with Crippen molar-refractivity contribution in [3.8, 4) is 11.5 Å². The van der Waals surface area contributed by atoms with E-state index < -0.39 is 0 Å². The Kier molecular flexibility index (Phi) is 7.26. The highest BCUT2D eigenvalue weighted by atomic mass is 79.9. The molecule has 4 heteroatoms. The second-order valence-electron chi connectivity index (χ2n) is 4.63. The predicted molar refractivity (Wildman–Crippen MR) is 93.8 cm³/mol. The summed E-state index contributed by atoms with van der Waals surface area (Å²) in [5.74, 6) is 1.51. The van der Waals surface area contributed by atoms with Gasteiger partial charge in [-0.15, -0.1) is 0 Å². The molecule has 0 saturated carbocycles. The van der Waals surface area contributed by atoms with Crippen molar-refractivity contribution in [3.05, 3.63) is 52.5 Å². The highest BCUT2D eigenvalue weighted by molar-refractivity contribution is 9.10. The Morgan fingerprint density at radius 3 is 2.33 bits per heavy atom. The standard InChI is InChI=1S/C15H17BrN2O.C2H6/c1-18(2)10-11-5-3-4-6-14(11)19-15-8-7-12(16)9-13(15)17;1-2/h3-9H,10,17H2,1-2H3;1-2H3. The number of nitrogens with zero attached hydrogens (tertiary/aromatic N) is 1. The number of hydrogen-bond acceptors (Lipinski definition) is 3. The van der Waals surface area contributed by atoms with Gasteiger partial charge in [-0.25, -0.2) is 0 Å². The summed E-state index contributed by atoms with van der Waals surface area (Å²) in [4.78, 5) is 2.10. The molecule has 2 aromatic carbocycles. The summed E-state index contributed by atoms with van der Waals surface area (Å²) in [6, 6.07) is 13.6. The number of rotatable bonds is 4. The third-order valence-corrected chi connectivity index (χ3v) is 3.14. The topological polar surface area (TPSA) is 38.5 Å². The van der Waals surface area contributed by atoms with Crippen molar-refractivity contribution in [2.75, 3.05) is 19.8 Å². The Hall–Kier alpha value is -1.52. The summed E-state index contributed by atoms with van der Waals surface area (Å²) in [5.41, 5.74) is 7.71. The molecule has 0 aliphatic rings. The van der Waals surface area contributed by atoms with Gasteiger partial charge in [0.05, 0.1) is 5.69 Å².